The molecule has 0 spiro atoms. The monoisotopic (exact) mass is 679 g/mol. The summed E-state index contributed by atoms with van der Waals surface area (Å²) in [6.07, 6.45) is 6.62. The van der Waals surface area contributed by atoms with E-state index in [1.165, 1.54) is 22.4 Å². The zero-order valence-electron chi connectivity index (χ0n) is 26.3. The minimum Gasteiger partial charge on any atom is -0.370 e. The Morgan fingerprint density at radius 3 is 2.70 bits per heavy atom. The smallest absolute Gasteiger partial charge is 0.354 e. The maximum atomic E-state index is 15.2. The van der Waals surface area contributed by atoms with Gasteiger partial charge in [-0.3, -0.25) is 9.56 Å². The van der Waals surface area contributed by atoms with Crippen LogP contribution in [0.3, 0.4) is 0 Å². The summed E-state index contributed by atoms with van der Waals surface area (Å²) in [6, 6.07) is 13.4. The molecular formula is C32H39ClFN11OS. The first-order chi connectivity index (χ1) is 22.7. The first kappa shape index (κ1) is 34.0. The molecule has 0 fully saturated rings. The highest BCUT2D eigenvalue weighted by Gasteiger charge is 2.16. The molecule has 8 N–H and O–H groups in total. The fourth-order valence-corrected chi connectivity index (χ4v) is 5.87. The summed E-state index contributed by atoms with van der Waals surface area (Å²) in [7, 11) is 1.94. The first-order valence-electron chi connectivity index (χ1n) is 15.4. The molecule has 3 heterocycles. The summed E-state index contributed by atoms with van der Waals surface area (Å²) in [6.45, 7) is 3.81. The molecule has 1 unspecified atom stereocenters. The summed E-state index contributed by atoms with van der Waals surface area (Å²) < 4.78 is 20.7. The molecule has 0 aliphatic rings. The number of aromatic amines is 1. The van der Waals surface area contributed by atoms with Crippen molar-refractivity contribution >= 4 is 45.3 Å². The van der Waals surface area contributed by atoms with E-state index in [4.69, 9.17) is 23.1 Å². The third kappa shape index (κ3) is 9.13. The van der Waals surface area contributed by atoms with Crippen LogP contribution in [-0.4, -0.2) is 62.1 Å². The molecule has 0 radical (unpaired) electrons. The summed E-state index contributed by atoms with van der Waals surface area (Å²) >= 11 is 7.58. The van der Waals surface area contributed by atoms with Gasteiger partial charge in [-0.25, -0.2) is 14.2 Å². The number of aryl methyl sites for hydroxylation is 1. The van der Waals surface area contributed by atoms with E-state index in [9.17, 15) is 4.79 Å². The summed E-state index contributed by atoms with van der Waals surface area (Å²) in [5.41, 5.74) is 14.4. The van der Waals surface area contributed by atoms with E-state index >= 15 is 4.39 Å². The quantitative estimate of drug-likeness (QED) is 0.0659. The van der Waals surface area contributed by atoms with E-state index < -0.39 is 11.5 Å². The number of guanidine groups is 1. The van der Waals surface area contributed by atoms with Gasteiger partial charge < -0.3 is 32.4 Å². The molecule has 0 aliphatic heterocycles. The van der Waals surface area contributed by atoms with Gasteiger partial charge >= 0.3 is 5.69 Å². The van der Waals surface area contributed by atoms with Crippen LogP contribution in [0.5, 0.6) is 0 Å². The van der Waals surface area contributed by atoms with E-state index in [-0.39, 0.29) is 17.0 Å². The normalized spacial score (nSPS) is 12.7. The van der Waals surface area contributed by atoms with E-state index in [2.05, 4.69) is 47.2 Å². The van der Waals surface area contributed by atoms with Crippen molar-refractivity contribution in [2.75, 3.05) is 25.5 Å². The van der Waals surface area contributed by atoms with Gasteiger partial charge in [0.05, 0.1) is 16.4 Å². The third-order valence-corrected chi connectivity index (χ3v) is 8.82. The van der Waals surface area contributed by atoms with E-state index in [0.29, 0.717) is 60.1 Å². The Bertz CT molecular complexity index is 1850. The molecule has 47 heavy (non-hydrogen) atoms. The number of hydrogen-bond donors (Lipinski definition) is 6. The van der Waals surface area contributed by atoms with Crippen LogP contribution in [0.25, 0.3) is 28.0 Å². The highest BCUT2D eigenvalue weighted by atomic mass is 35.5. The van der Waals surface area contributed by atoms with Crippen molar-refractivity contribution in [2.45, 2.75) is 51.2 Å². The Labute approximate surface area is 281 Å². The number of rotatable bonds is 16. The molecule has 0 saturated carbocycles. The van der Waals surface area contributed by atoms with Crippen LogP contribution in [-0.2, 0) is 13.0 Å². The number of H-pyrrole nitrogens is 1. The lowest BCUT2D eigenvalue weighted by Gasteiger charge is -2.18. The highest BCUT2D eigenvalue weighted by molar-refractivity contribution is 7.09. The number of fused-ring (bicyclic) bond motifs is 1. The van der Waals surface area contributed by atoms with Gasteiger partial charge in [-0.2, -0.15) is 9.36 Å². The van der Waals surface area contributed by atoms with E-state index in [1.807, 2.05) is 37.4 Å². The van der Waals surface area contributed by atoms with Gasteiger partial charge in [-0.05, 0) is 81.1 Å². The number of aromatic nitrogens is 5. The SMILES string of the molecule is CNC(C)CCCc1cc(Cl)c(F)c(-c2cc3cn(-c4ccc(CN[C@H](CCN=C(N)N)CNc5ncns5)cc4)c(=O)nc3[nH]2)c1. The van der Waals surface area contributed by atoms with Crippen molar-refractivity contribution in [2.24, 2.45) is 16.5 Å². The molecule has 5 aromatic rings. The standard InChI is InChI=1S/C32H39ClFN11OS/c1-19(37-2)4-3-5-21-12-25(28(34)26(33)13-21)27-14-22-17-45(32(46)44-29(22)43-27)24-8-6-20(7-9-24)15-39-23(10-11-38-30(35)36)16-40-31-41-18-42-47-31/h6-9,12-14,17-19,23,37,39H,3-5,10-11,15-16H2,1-2H3,(H4,35,36,38)(H,40,41,42)(H,43,44,46)/t19?,23-/m1/s1. The zero-order chi connectivity index (χ0) is 33.3. The number of nitrogens with zero attached hydrogens (tertiary/aromatic N) is 5. The van der Waals surface area contributed by atoms with E-state index in [0.717, 1.165) is 35.5 Å². The van der Waals surface area contributed by atoms with Gasteiger partial charge in [0, 0.05) is 60.4 Å². The lowest BCUT2D eigenvalue weighted by Crippen LogP contribution is -2.36. The number of benzene rings is 2. The van der Waals surface area contributed by atoms with Crippen molar-refractivity contribution in [3.63, 3.8) is 0 Å². The van der Waals surface area contributed by atoms with Gasteiger partial charge in [0.1, 0.15) is 12.0 Å². The van der Waals surface area contributed by atoms with Crippen molar-refractivity contribution in [3.8, 4) is 16.9 Å². The number of aliphatic imine (C=N–C) groups is 1. The number of nitrogens with two attached hydrogens (primary N) is 2. The summed E-state index contributed by atoms with van der Waals surface area (Å²) in [5, 5.41) is 11.5. The second-order valence-corrected chi connectivity index (χ2v) is 12.6. The van der Waals surface area contributed by atoms with Crippen LogP contribution in [0.1, 0.15) is 37.3 Å². The maximum absolute atomic E-state index is 15.2. The Morgan fingerprint density at radius 1 is 1.17 bits per heavy atom. The van der Waals surface area contributed by atoms with Crippen LogP contribution >= 0.6 is 23.1 Å². The van der Waals surface area contributed by atoms with Crippen LogP contribution in [0.2, 0.25) is 5.02 Å². The average Bonchev–Trinajstić information content (AvgIpc) is 3.73. The minimum absolute atomic E-state index is 0.0566. The predicted octanol–water partition coefficient (Wildman–Crippen LogP) is 4.19. The van der Waals surface area contributed by atoms with Crippen LogP contribution in [0.4, 0.5) is 9.52 Å². The second-order valence-electron chi connectivity index (χ2n) is 11.4. The molecular weight excluding hydrogens is 641 g/mol. The van der Waals surface area contributed by atoms with Crippen LogP contribution in [0.15, 0.2) is 64.8 Å². The lowest BCUT2D eigenvalue weighted by atomic mass is 10.0. The second kappa shape index (κ2) is 16.0. The Balaban J connectivity index is 1.29. The van der Waals surface area contributed by atoms with Crippen molar-refractivity contribution in [1.82, 2.24) is 34.5 Å². The number of anilines is 1. The van der Waals surface area contributed by atoms with Crippen molar-refractivity contribution in [1.29, 1.82) is 0 Å². The fourth-order valence-electron chi connectivity index (χ4n) is 5.19. The molecule has 3 aromatic heterocycles. The fraction of sp³-hybridized carbons (Fsp3) is 0.344. The highest BCUT2D eigenvalue weighted by Crippen LogP contribution is 2.31. The molecule has 12 nitrogen and oxygen atoms in total. The number of hydrogen-bond acceptors (Lipinski definition) is 9. The Kier molecular flexibility index (Phi) is 11.5. The van der Waals surface area contributed by atoms with Gasteiger partial charge in [0.2, 0.25) is 5.13 Å². The predicted molar refractivity (Wildman–Crippen MR) is 188 cm³/mol. The van der Waals surface area contributed by atoms with Gasteiger partial charge in [0.15, 0.2) is 11.8 Å². The Hall–Kier alpha value is -4.37. The van der Waals surface area contributed by atoms with Crippen LogP contribution in [0, 0.1) is 5.82 Å². The zero-order valence-corrected chi connectivity index (χ0v) is 27.8. The van der Waals surface area contributed by atoms with E-state index in [1.54, 1.807) is 18.3 Å². The lowest BCUT2D eigenvalue weighted by molar-refractivity contribution is 0.503. The molecule has 5 rings (SSSR count). The minimum atomic E-state index is -0.514. The largest absolute Gasteiger partial charge is 0.370 e. The molecule has 2 aromatic carbocycles. The number of nitrogens with one attached hydrogen (secondary N) is 4. The molecule has 0 aliphatic carbocycles. The number of halogens is 2. The van der Waals surface area contributed by atoms with Gasteiger partial charge in [-0.15, -0.1) is 0 Å². The van der Waals surface area contributed by atoms with Gasteiger partial charge in [0.25, 0.3) is 0 Å². The summed E-state index contributed by atoms with van der Waals surface area (Å²) in [5.74, 6) is -0.457. The summed E-state index contributed by atoms with van der Waals surface area (Å²) in [4.78, 5) is 28.7. The van der Waals surface area contributed by atoms with Crippen molar-refractivity contribution in [3.05, 3.63) is 87.4 Å². The molecule has 0 bridgehead atoms. The Morgan fingerprint density at radius 2 is 1.98 bits per heavy atom. The van der Waals surface area contributed by atoms with Crippen molar-refractivity contribution < 1.29 is 4.39 Å². The van der Waals surface area contributed by atoms with Crippen LogP contribution < -0.4 is 33.1 Å². The average molecular weight is 680 g/mol. The first-order valence-corrected chi connectivity index (χ1v) is 16.5. The topological polar surface area (TPSA) is 177 Å². The molecule has 2 atom stereocenters. The molecule has 15 heteroatoms. The maximum Gasteiger partial charge on any atom is 0.354 e. The molecule has 0 amide bonds. The third-order valence-electron chi connectivity index (χ3n) is 7.92. The molecule has 248 valence electrons. The van der Waals surface area contributed by atoms with Gasteiger partial charge in [-0.1, -0.05) is 23.7 Å². The molecule has 0 saturated heterocycles.